The predicted octanol–water partition coefficient (Wildman–Crippen LogP) is 6.04. The van der Waals surface area contributed by atoms with Gasteiger partial charge < -0.3 is 35.2 Å². The standard InChI is InChI=1S/C27H32FIN4O6S.C6H15N/c1-26(2,3)39-25(38)32-8-9-33(18(12-32)24(36)37)23(35)19-15-11-27(4,5)13-30-21(34)20(15)40-22(19)31-17-7-6-14(29)10-16(17)28;1-4-7(5-2)6-3/h6-7,10,18,31H,8-9,11-13H2,1-5H3,(H,30,34)(H,36,37);4-6H2,1-3H3/t18-;/m1./s1. The van der Waals surface area contributed by atoms with Crippen molar-refractivity contribution in [2.45, 2.75) is 73.5 Å². The molecule has 2 aliphatic heterocycles. The van der Waals surface area contributed by atoms with Gasteiger partial charge in [0, 0.05) is 23.2 Å². The fraction of sp³-hybridized carbons (Fsp3) is 0.576. The Hall–Kier alpha value is -2.98. The lowest BCUT2D eigenvalue weighted by atomic mass is 9.85. The van der Waals surface area contributed by atoms with Gasteiger partial charge in [0.1, 0.15) is 22.5 Å². The second-order valence-electron chi connectivity index (χ2n) is 13.3. The van der Waals surface area contributed by atoms with Gasteiger partial charge in [-0.2, -0.15) is 0 Å². The number of carbonyl (C=O) groups excluding carboxylic acids is 3. The van der Waals surface area contributed by atoms with Crippen molar-refractivity contribution in [3.8, 4) is 0 Å². The molecule has 3 N–H and O–H groups in total. The molecule has 0 aliphatic carbocycles. The van der Waals surface area contributed by atoms with Gasteiger partial charge in [-0.1, -0.05) is 34.6 Å². The molecule has 2 aromatic rings. The first kappa shape index (κ1) is 38.5. The van der Waals surface area contributed by atoms with Crippen LogP contribution in [0.2, 0.25) is 0 Å². The van der Waals surface area contributed by atoms with Crippen LogP contribution in [-0.4, -0.2) is 101 Å². The molecular formula is C33H47FIN5O6S. The Kier molecular flexibility index (Phi) is 13.1. The Morgan fingerprint density at radius 1 is 1.17 bits per heavy atom. The molecule has 4 rings (SSSR count). The maximum atomic E-state index is 14.8. The summed E-state index contributed by atoms with van der Waals surface area (Å²) in [4.78, 5) is 57.4. The fourth-order valence-corrected chi connectivity index (χ4v) is 6.92. The minimum atomic E-state index is -1.35. The second-order valence-corrected chi connectivity index (χ2v) is 15.6. The molecule has 11 nitrogen and oxygen atoms in total. The van der Waals surface area contributed by atoms with E-state index in [-0.39, 0.29) is 41.8 Å². The molecular weight excluding hydrogens is 740 g/mol. The number of fused-ring (bicyclic) bond motifs is 1. The number of nitrogens with one attached hydrogen (secondary N) is 2. The van der Waals surface area contributed by atoms with E-state index in [0.29, 0.717) is 27.0 Å². The Morgan fingerprint density at radius 3 is 2.34 bits per heavy atom. The summed E-state index contributed by atoms with van der Waals surface area (Å²) in [5.41, 5.74) is -0.419. The average molecular weight is 788 g/mol. The molecule has 1 saturated heterocycles. The second kappa shape index (κ2) is 15.9. The van der Waals surface area contributed by atoms with Crippen LogP contribution in [0.4, 0.5) is 19.9 Å². The van der Waals surface area contributed by atoms with Crippen LogP contribution in [0.5, 0.6) is 0 Å². The highest BCUT2D eigenvalue weighted by atomic mass is 127. The summed E-state index contributed by atoms with van der Waals surface area (Å²) in [5.74, 6) is -2.76. The van der Waals surface area contributed by atoms with Crippen molar-refractivity contribution in [1.82, 2.24) is 20.0 Å². The molecule has 0 radical (unpaired) electrons. The highest BCUT2D eigenvalue weighted by Gasteiger charge is 2.42. The van der Waals surface area contributed by atoms with Crippen molar-refractivity contribution < 1.29 is 33.4 Å². The summed E-state index contributed by atoms with van der Waals surface area (Å²) in [6.45, 7) is 19.3. The smallest absolute Gasteiger partial charge is 0.410 e. The Labute approximate surface area is 294 Å². The third-order valence-corrected chi connectivity index (χ3v) is 9.73. The van der Waals surface area contributed by atoms with Gasteiger partial charge in [-0.25, -0.2) is 14.0 Å². The number of anilines is 2. The number of halogens is 2. The molecule has 1 atom stereocenters. The predicted molar refractivity (Wildman–Crippen MR) is 190 cm³/mol. The Morgan fingerprint density at radius 2 is 1.81 bits per heavy atom. The fourth-order valence-electron chi connectivity index (χ4n) is 5.33. The maximum Gasteiger partial charge on any atom is 0.410 e. The molecule has 0 unspecified atom stereocenters. The molecule has 1 fully saturated rings. The van der Waals surface area contributed by atoms with Crippen molar-refractivity contribution >= 4 is 68.5 Å². The van der Waals surface area contributed by atoms with E-state index in [0.717, 1.165) is 11.3 Å². The van der Waals surface area contributed by atoms with Crippen LogP contribution in [0.1, 0.15) is 81.0 Å². The zero-order valence-corrected chi connectivity index (χ0v) is 31.4. The van der Waals surface area contributed by atoms with Gasteiger partial charge >= 0.3 is 12.1 Å². The molecule has 47 heavy (non-hydrogen) atoms. The van der Waals surface area contributed by atoms with Crippen molar-refractivity contribution in [1.29, 1.82) is 0 Å². The number of amides is 3. The number of ether oxygens (including phenoxy) is 1. The minimum absolute atomic E-state index is 0.0629. The summed E-state index contributed by atoms with van der Waals surface area (Å²) in [6.07, 6.45) is -0.296. The third-order valence-electron chi connectivity index (χ3n) is 7.91. The van der Waals surface area contributed by atoms with Crippen LogP contribution in [0.3, 0.4) is 0 Å². The Bertz CT molecular complexity index is 1470. The number of hydrogen-bond acceptors (Lipinski definition) is 8. The van der Waals surface area contributed by atoms with Gasteiger partial charge in [0.2, 0.25) is 0 Å². The van der Waals surface area contributed by atoms with Crippen LogP contribution >= 0.6 is 33.9 Å². The first-order valence-corrected chi connectivity index (χ1v) is 17.7. The first-order valence-electron chi connectivity index (χ1n) is 15.8. The molecule has 260 valence electrons. The van der Waals surface area contributed by atoms with E-state index in [9.17, 15) is 28.7 Å². The van der Waals surface area contributed by atoms with E-state index in [4.69, 9.17) is 4.74 Å². The van der Waals surface area contributed by atoms with Crippen LogP contribution in [-0.2, 0) is 16.0 Å². The Balaban J connectivity index is 0.000000771. The number of carbonyl (C=O) groups is 4. The molecule has 0 bridgehead atoms. The van der Waals surface area contributed by atoms with E-state index < -0.39 is 40.8 Å². The normalized spacial score (nSPS) is 17.6. The van der Waals surface area contributed by atoms with Crippen molar-refractivity contribution in [2.24, 2.45) is 5.41 Å². The number of nitrogens with zero attached hydrogens (tertiary/aromatic N) is 3. The molecule has 2 aliphatic rings. The lowest BCUT2D eigenvalue weighted by Gasteiger charge is -2.39. The van der Waals surface area contributed by atoms with Crippen molar-refractivity contribution in [2.75, 3.05) is 51.1 Å². The maximum absolute atomic E-state index is 14.8. The number of rotatable bonds is 7. The topological polar surface area (TPSA) is 132 Å². The third kappa shape index (κ3) is 10.0. The van der Waals surface area contributed by atoms with Gasteiger partial charge in [-0.15, -0.1) is 11.3 Å². The largest absolute Gasteiger partial charge is 0.480 e. The lowest BCUT2D eigenvalue weighted by Crippen LogP contribution is -2.60. The summed E-state index contributed by atoms with van der Waals surface area (Å²) in [5, 5.41) is 16.2. The number of piperazine rings is 1. The number of aliphatic carboxylic acids is 1. The molecule has 3 amide bonds. The summed E-state index contributed by atoms with van der Waals surface area (Å²) < 4.78 is 20.9. The van der Waals surface area contributed by atoms with E-state index in [1.807, 2.05) is 36.4 Å². The van der Waals surface area contributed by atoms with Crippen LogP contribution < -0.4 is 10.6 Å². The van der Waals surface area contributed by atoms with Gasteiger partial charge in [-0.05, 0) is 98.6 Å². The van der Waals surface area contributed by atoms with E-state index >= 15 is 0 Å². The highest BCUT2D eigenvalue weighted by molar-refractivity contribution is 14.1. The molecule has 0 spiro atoms. The lowest BCUT2D eigenvalue weighted by molar-refractivity contribution is -0.144. The van der Waals surface area contributed by atoms with E-state index in [2.05, 4.69) is 36.3 Å². The number of hydrogen-bond donors (Lipinski definition) is 3. The van der Waals surface area contributed by atoms with Gasteiger partial charge in [0.25, 0.3) is 11.8 Å². The monoisotopic (exact) mass is 787 g/mol. The summed E-state index contributed by atoms with van der Waals surface area (Å²) in [7, 11) is 0. The summed E-state index contributed by atoms with van der Waals surface area (Å²) in [6, 6.07) is 3.24. The number of carboxylic acids is 1. The number of carboxylic acid groups (broad SMARTS) is 1. The molecule has 14 heteroatoms. The average Bonchev–Trinajstić information content (AvgIpc) is 3.28. The van der Waals surface area contributed by atoms with Crippen LogP contribution in [0, 0.1) is 14.8 Å². The number of thiophene rings is 1. The van der Waals surface area contributed by atoms with Crippen molar-refractivity contribution in [3.05, 3.63) is 43.6 Å². The van der Waals surface area contributed by atoms with Gasteiger partial charge in [0.05, 0.1) is 22.7 Å². The highest BCUT2D eigenvalue weighted by Crippen LogP contribution is 2.41. The quantitative estimate of drug-likeness (QED) is 0.290. The minimum Gasteiger partial charge on any atom is -0.480 e. The van der Waals surface area contributed by atoms with Gasteiger partial charge in [0.15, 0.2) is 0 Å². The molecule has 3 heterocycles. The SMILES string of the molecule is CC1(C)CNC(=O)c2sc(Nc3ccc(I)cc3F)c(C(=O)N3CCN(C(=O)OC(C)(C)C)C[C@@H]3C(=O)O)c2C1.CCN(CC)CC. The van der Waals surface area contributed by atoms with Crippen molar-refractivity contribution in [3.63, 3.8) is 0 Å². The summed E-state index contributed by atoms with van der Waals surface area (Å²) >= 11 is 3.02. The molecule has 1 aromatic carbocycles. The van der Waals surface area contributed by atoms with Crippen LogP contribution in [0.15, 0.2) is 18.2 Å². The van der Waals surface area contributed by atoms with E-state index in [1.165, 1.54) is 35.5 Å². The van der Waals surface area contributed by atoms with Crippen LogP contribution in [0.25, 0.3) is 0 Å². The first-order chi connectivity index (χ1) is 21.9. The number of benzene rings is 1. The van der Waals surface area contributed by atoms with Gasteiger partial charge in [-0.3, -0.25) is 9.59 Å². The molecule has 1 aromatic heterocycles. The zero-order valence-electron chi connectivity index (χ0n) is 28.5. The van der Waals surface area contributed by atoms with E-state index in [1.54, 1.807) is 32.9 Å². The zero-order chi connectivity index (χ0) is 35.3. The molecule has 0 saturated carbocycles.